The Kier molecular flexibility index (Phi) is 6.38. The lowest BCUT2D eigenvalue weighted by molar-refractivity contribution is -0.131. The molecule has 3 amide bonds. The number of anilines is 1. The standard InChI is InChI=1S/C19H22ClN5O4/c1-22-16(26)6-9-25(19(22)29)13-17(27)23-7-3-8-24(11-10-23)18(28)21-15-5-2-4-14(20)12-15/h2,4-6,9,12H,3,7-8,10-11,13H2,1H3,(H,21,28). The highest BCUT2D eigenvalue weighted by Crippen LogP contribution is 2.16. The molecule has 154 valence electrons. The van der Waals surface area contributed by atoms with E-state index in [1.54, 1.807) is 34.1 Å². The summed E-state index contributed by atoms with van der Waals surface area (Å²) in [6.07, 6.45) is 1.95. The molecule has 10 heteroatoms. The molecule has 1 aromatic heterocycles. The van der Waals surface area contributed by atoms with Crippen molar-refractivity contribution < 1.29 is 9.59 Å². The lowest BCUT2D eigenvalue weighted by Crippen LogP contribution is -2.43. The van der Waals surface area contributed by atoms with Gasteiger partial charge in [0.2, 0.25) is 5.91 Å². The Hall–Kier alpha value is -3.07. The molecule has 1 fully saturated rings. The van der Waals surface area contributed by atoms with Crippen LogP contribution in [-0.2, 0) is 18.4 Å². The molecule has 2 heterocycles. The average molecular weight is 420 g/mol. The molecule has 9 nitrogen and oxygen atoms in total. The van der Waals surface area contributed by atoms with Crippen molar-refractivity contribution in [1.82, 2.24) is 18.9 Å². The fourth-order valence-electron chi connectivity index (χ4n) is 3.12. The number of urea groups is 1. The monoisotopic (exact) mass is 419 g/mol. The summed E-state index contributed by atoms with van der Waals surface area (Å²) in [5.41, 5.74) is -0.355. The maximum absolute atomic E-state index is 12.6. The summed E-state index contributed by atoms with van der Waals surface area (Å²) in [5.74, 6) is -0.233. The van der Waals surface area contributed by atoms with Gasteiger partial charge in [0.15, 0.2) is 0 Å². The highest BCUT2D eigenvalue weighted by Gasteiger charge is 2.22. The predicted octanol–water partition coefficient (Wildman–Crippen LogP) is 0.967. The van der Waals surface area contributed by atoms with Gasteiger partial charge in [0.25, 0.3) is 5.56 Å². The van der Waals surface area contributed by atoms with E-state index in [1.807, 2.05) is 0 Å². The first-order chi connectivity index (χ1) is 13.8. The molecule has 29 heavy (non-hydrogen) atoms. The summed E-state index contributed by atoms with van der Waals surface area (Å²) in [6, 6.07) is 7.89. The molecule has 1 N–H and O–H groups in total. The molecule has 0 aliphatic carbocycles. The molecule has 1 saturated heterocycles. The van der Waals surface area contributed by atoms with E-state index in [0.29, 0.717) is 43.3 Å². The van der Waals surface area contributed by atoms with E-state index < -0.39 is 11.2 Å². The maximum Gasteiger partial charge on any atom is 0.331 e. The third-order valence-electron chi connectivity index (χ3n) is 4.78. The fourth-order valence-corrected chi connectivity index (χ4v) is 3.31. The van der Waals surface area contributed by atoms with Crippen LogP contribution in [-0.4, -0.2) is 57.1 Å². The number of hydrogen-bond donors (Lipinski definition) is 1. The highest BCUT2D eigenvalue weighted by molar-refractivity contribution is 6.30. The zero-order valence-corrected chi connectivity index (χ0v) is 16.8. The summed E-state index contributed by atoms with van der Waals surface area (Å²) < 4.78 is 2.16. The van der Waals surface area contributed by atoms with Crippen LogP contribution in [0.3, 0.4) is 0 Å². The number of rotatable bonds is 3. The van der Waals surface area contributed by atoms with Crippen LogP contribution >= 0.6 is 11.6 Å². The summed E-state index contributed by atoms with van der Waals surface area (Å²) in [7, 11) is 1.37. The van der Waals surface area contributed by atoms with Crippen LogP contribution in [0.25, 0.3) is 0 Å². The second-order valence-electron chi connectivity index (χ2n) is 6.79. The Labute approximate surface area is 172 Å². The molecule has 1 aliphatic rings. The van der Waals surface area contributed by atoms with Crippen LogP contribution in [0, 0.1) is 0 Å². The molecule has 2 aromatic rings. The number of nitrogens with one attached hydrogen (secondary N) is 1. The van der Waals surface area contributed by atoms with Gasteiger partial charge in [-0.1, -0.05) is 17.7 Å². The topological polar surface area (TPSA) is 96.7 Å². The summed E-state index contributed by atoms with van der Waals surface area (Å²) in [4.78, 5) is 52.0. The quantitative estimate of drug-likeness (QED) is 0.801. The molecule has 3 rings (SSSR count). The Morgan fingerprint density at radius 2 is 1.79 bits per heavy atom. The zero-order valence-electron chi connectivity index (χ0n) is 16.0. The average Bonchev–Trinajstić information content (AvgIpc) is 2.95. The van der Waals surface area contributed by atoms with Crippen molar-refractivity contribution in [2.24, 2.45) is 7.05 Å². The predicted molar refractivity (Wildman–Crippen MR) is 109 cm³/mol. The first kappa shape index (κ1) is 20.7. The van der Waals surface area contributed by atoms with Crippen LogP contribution in [0.1, 0.15) is 6.42 Å². The van der Waals surface area contributed by atoms with Gasteiger partial charge in [0.1, 0.15) is 6.54 Å². The maximum atomic E-state index is 12.6. The van der Waals surface area contributed by atoms with Crippen molar-refractivity contribution in [1.29, 1.82) is 0 Å². The number of carbonyl (C=O) groups is 2. The molecule has 0 bridgehead atoms. The number of benzene rings is 1. The summed E-state index contributed by atoms with van der Waals surface area (Å²) in [5, 5.41) is 3.34. The minimum Gasteiger partial charge on any atom is -0.339 e. The van der Waals surface area contributed by atoms with Crippen molar-refractivity contribution in [3.63, 3.8) is 0 Å². The van der Waals surface area contributed by atoms with E-state index in [0.717, 1.165) is 4.57 Å². The van der Waals surface area contributed by atoms with Gasteiger partial charge >= 0.3 is 11.7 Å². The van der Waals surface area contributed by atoms with E-state index >= 15 is 0 Å². The number of nitrogens with zero attached hydrogens (tertiary/aromatic N) is 4. The lowest BCUT2D eigenvalue weighted by atomic mass is 10.3. The van der Waals surface area contributed by atoms with Crippen molar-refractivity contribution >= 4 is 29.2 Å². The Morgan fingerprint density at radius 1 is 1.07 bits per heavy atom. The molecular weight excluding hydrogens is 398 g/mol. The van der Waals surface area contributed by atoms with Crippen molar-refractivity contribution in [2.75, 3.05) is 31.5 Å². The van der Waals surface area contributed by atoms with Crippen LogP contribution < -0.4 is 16.6 Å². The van der Waals surface area contributed by atoms with Gasteiger partial charge in [-0.3, -0.25) is 18.7 Å². The fraction of sp³-hybridized carbons (Fsp3) is 0.368. The summed E-state index contributed by atoms with van der Waals surface area (Å²) in [6.45, 7) is 1.58. The first-order valence-electron chi connectivity index (χ1n) is 9.21. The van der Waals surface area contributed by atoms with Crippen molar-refractivity contribution in [3.05, 3.63) is 62.4 Å². The van der Waals surface area contributed by atoms with E-state index in [1.165, 1.54) is 23.9 Å². The largest absolute Gasteiger partial charge is 0.339 e. The van der Waals surface area contributed by atoms with Crippen molar-refractivity contribution in [3.8, 4) is 0 Å². The molecule has 0 atom stereocenters. The number of amides is 3. The van der Waals surface area contributed by atoms with Gasteiger partial charge in [-0.05, 0) is 24.6 Å². The third kappa shape index (κ3) is 5.05. The van der Waals surface area contributed by atoms with E-state index in [-0.39, 0.29) is 18.5 Å². The van der Waals surface area contributed by atoms with E-state index in [9.17, 15) is 19.2 Å². The van der Waals surface area contributed by atoms with Crippen LogP contribution in [0.15, 0.2) is 46.1 Å². The minimum atomic E-state index is -0.539. The second kappa shape index (κ2) is 8.95. The molecular formula is C19H22ClN5O4. The smallest absolute Gasteiger partial charge is 0.331 e. The van der Waals surface area contributed by atoms with Crippen molar-refractivity contribution in [2.45, 2.75) is 13.0 Å². The molecule has 0 unspecified atom stereocenters. The molecule has 0 radical (unpaired) electrons. The minimum absolute atomic E-state index is 0.151. The molecule has 0 spiro atoms. The van der Waals surface area contributed by atoms with E-state index in [2.05, 4.69) is 5.32 Å². The number of hydrogen-bond acceptors (Lipinski definition) is 4. The van der Waals surface area contributed by atoms with Gasteiger partial charge in [-0.2, -0.15) is 0 Å². The third-order valence-corrected chi connectivity index (χ3v) is 5.01. The van der Waals surface area contributed by atoms with Crippen LogP contribution in [0.2, 0.25) is 5.02 Å². The van der Waals surface area contributed by atoms with Gasteiger partial charge in [0, 0.05) is 56.2 Å². The second-order valence-corrected chi connectivity index (χ2v) is 7.22. The first-order valence-corrected chi connectivity index (χ1v) is 9.58. The van der Waals surface area contributed by atoms with E-state index in [4.69, 9.17) is 11.6 Å². The van der Waals surface area contributed by atoms with Crippen LogP contribution in [0.4, 0.5) is 10.5 Å². The number of halogens is 1. The van der Waals surface area contributed by atoms with Gasteiger partial charge in [-0.25, -0.2) is 9.59 Å². The van der Waals surface area contributed by atoms with Gasteiger partial charge in [0.05, 0.1) is 0 Å². The Balaban J connectivity index is 1.60. The number of aromatic nitrogens is 2. The number of carbonyl (C=O) groups excluding carboxylic acids is 2. The van der Waals surface area contributed by atoms with Gasteiger partial charge in [-0.15, -0.1) is 0 Å². The van der Waals surface area contributed by atoms with Gasteiger partial charge < -0.3 is 15.1 Å². The summed E-state index contributed by atoms with van der Waals surface area (Å²) >= 11 is 5.94. The Bertz CT molecular complexity index is 1030. The highest BCUT2D eigenvalue weighted by atomic mass is 35.5. The molecule has 0 saturated carbocycles. The SMILES string of the molecule is Cn1c(=O)ccn(CC(=O)N2CCCN(C(=O)Nc3cccc(Cl)c3)CC2)c1=O. The molecule has 1 aromatic carbocycles. The molecule has 1 aliphatic heterocycles. The van der Waals surface area contributed by atoms with Crippen LogP contribution in [0.5, 0.6) is 0 Å². The Morgan fingerprint density at radius 3 is 2.55 bits per heavy atom. The lowest BCUT2D eigenvalue weighted by Gasteiger charge is -2.23. The normalized spacial score (nSPS) is 14.4. The zero-order chi connectivity index (χ0) is 21.0.